The first-order valence-corrected chi connectivity index (χ1v) is 15.2. The van der Waals surface area contributed by atoms with Gasteiger partial charge in [-0.25, -0.2) is 13.6 Å². The summed E-state index contributed by atoms with van der Waals surface area (Å²) < 4.78 is 31.1. The van der Waals surface area contributed by atoms with Gasteiger partial charge >= 0.3 is 6.09 Å². The van der Waals surface area contributed by atoms with Crippen LogP contribution in [0.1, 0.15) is 90.0 Å². The minimum Gasteiger partial charge on any atom is -0.444 e. The van der Waals surface area contributed by atoms with Crippen molar-refractivity contribution in [3.8, 4) is 0 Å². The number of rotatable bonds is 7. The molecule has 3 aliphatic heterocycles. The Hall–Kier alpha value is -2.75. The van der Waals surface area contributed by atoms with Crippen LogP contribution in [-0.4, -0.2) is 82.5 Å². The Kier molecular flexibility index (Phi) is 8.60. The summed E-state index contributed by atoms with van der Waals surface area (Å²) >= 11 is 0. The van der Waals surface area contributed by atoms with Crippen LogP contribution >= 0.6 is 0 Å². The van der Waals surface area contributed by atoms with Gasteiger partial charge in [-0.1, -0.05) is 30.3 Å². The highest BCUT2D eigenvalue weighted by atomic mass is 19.3. The minimum atomic E-state index is -2.39. The molecule has 1 aromatic rings. The van der Waals surface area contributed by atoms with Crippen LogP contribution in [-0.2, 0) is 14.3 Å². The average Bonchev–Trinajstić information content (AvgIpc) is 3.39. The van der Waals surface area contributed by atoms with Crippen molar-refractivity contribution < 1.29 is 27.9 Å². The molecular formula is C31H44F2N4O4. The Balaban J connectivity index is 1.35. The molecule has 3 saturated heterocycles. The molecule has 3 heterocycles. The van der Waals surface area contributed by atoms with E-state index in [1.807, 2.05) is 23.1 Å². The van der Waals surface area contributed by atoms with E-state index in [0.29, 0.717) is 38.6 Å². The molecule has 1 unspecified atom stereocenters. The maximum absolute atomic E-state index is 14.2. The Labute approximate surface area is 241 Å². The van der Waals surface area contributed by atoms with Crippen LogP contribution in [0.3, 0.4) is 0 Å². The Morgan fingerprint density at radius 3 is 2.49 bits per heavy atom. The highest BCUT2D eigenvalue weighted by Crippen LogP contribution is 2.54. The standard InChI is InChI=1S/C31H44F2N4O4/c1-30(2,3)41-29(40)35-24-11-9-22(34-16-13-26(32)33)17-23-10-12-25(37(23)27(24)38)28(39)36-19-21(18-31(36)14-15-31)20-7-5-4-6-8-20/h4-8,21-26,34H,9-19H2,1-3H3,(H,35,40)/t21-,22?,23-,24+,25+/m1/s1. The van der Waals surface area contributed by atoms with Crippen molar-refractivity contribution in [2.45, 2.75) is 126 Å². The zero-order valence-electron chi connectivity index (χ0n) is 24.4. The van der Waals surface area contributed by atoms with Crippen LogP contribution in [0.25, 0.3) is 0 Å². The van der Waals surface area contributed by atoms with Crippen molar-refractivity contribution in [1.82, 2.24) is 20.4 Å². The van der Waals surface area contributed by atoms with Gasteiger partial charge in [0.15, 0.2) is 0 Å². The van der Waals surface area contributed by atoms with Crippen molar-refractivity contribution in [3.05, 3.63) is 35.9 Å². The van der Waals surface area contributed by atoms with Gasteiger partial charge in [-0.3, -0.25) is 9.59 Å². The number of halogens is 2. The van der Waals surface area contributed by atoms with Crippen molar-refractivity contribution in [1.29, 1.82) is 0 Å². The Morgan fingerprint density at radius 2 is 1.83 bits per heavy atom. The lowest BCUT2D eigenvalue weighted by molar-refractivity contribution is -0.148. The molecule has 3 amide bonds. The van der Waals surface area contributed by atoms with E-state index in [9.17, 15) is 23.2 Å². The monoisotopic (exact) mass is 574 g/mol. The number of hydrogen-bond donors (Lipinski definition) is 2. The lowest BCUT2D eigenvalue weighted by atomic mass is 9.94. The molecule has 0 bridgehead atoms. The highest BCUT2D eigenvalue weighted by molar-refractivity contribution is 5.93. The quantitative estimate of drug-likeness (QED) is 0.498. The number of hydrogen-bond acceptors (Lipinski definition) is 5. The first kappa shape index (κ1) is 29.7. The number of carbonyl (C=O) groups is 3. The SMILES string of the molecule is CC(C)(C)OC(=O)N[C@H]1CCC(NCCC(F)F)C[C@H]2CC[C@@H](C(=O)N3C[C@H](c4ccccc4)CC34CC4)N2C1=O. The second-order valence-electron chi connectivity index (χ2n) is 13.3. The van der Waals surface area contributed by atoms with Gasteiger partial charge in [0.1, 0.15) is 17.7 Å². The van der Waals surface area contributed by atoms with E-state index in [1.165, 1.54) is 5.56 Å². The van der Waals surface area contributed by atoms with Gasteiger partial charge in [-0.05, 0) is 77.7 Å². The van der Waals surface area contributed by atoms with E-state index in [1.54, 1.807) is 25.7 Å². The van der Waals surface area contributed by atoms with Gasteiger partial charge in [0.05, 0.1) is 0 Å². The summed E-state index contributed by atoms with van der Waals surface area (Å²) in [6, 6.07) is 8.55. The number of alkyl carbamates (subject to hydrolysis) is 1. The fourth-order valence-corrected chi connectivity index (χ4v) is 7.09. The van der Waals surface area contributed by atoms with Gasteiger partial charge in [0.25, 0.3) is 0 Å². The first-order valence-electron chi connectivity index (χ1n) is 15.2. The Morgan fingerprint density at radius 1 is 1.10 bits per heavy atom. The number of benzene rings is 1. The van der Waals surface area contributed by atoms with Crippen LogP contribution in [0, 0.1) is 0 Å². The molecule has 2 N–H and O–H groups in total. The minimum absolute atomic E-state index is 0.00409. The fraction of sp³-hybridized carbons (Fsp3) is 0.710. The third kappa shape index (κ3) is 6.84. The first-order chi connectivity index (χ1) is 19.5. The molecule has 1 aromatic carbocycles. The summed E-state index contributed by atoms with van der Waals surface area (Å²) in [7, 11) is 0. The second-order valence-corrected chi connectivity index (χ2v) is 13.3. The normalized spacial score (nSPS) is 29.3. The van der Waals surface area contributed by atoms with E-state index in [0.717, 1.165) is 19.3 Å². The van der Waals surface area contributed by atoms with Crippen LogP contribution < -0.4 is 10.6 Å². The summed E-state index contributed by atoms with van der Waals surface area (Å²) in [6.45, 7) is 6.09. The number of nitrogens with zero attached hydrogens (tertiary/aromatic N) is 2. The molecule has 0 radical (unpaired) electrons. The van der Waals surface area contributed by atoms with Gasteiger partial charge < -0.3 is 25.2 Å². The zero-order chi connectivity index (χ0) is 29.4. The fourth-order valence-electron chi connectivity index (χ4n) is 7.09. The number of amides is 3. The van der Waals surface area contributed by atoms with Crippen molar-refractivity contribution in [2.75, 3.05) is 13.1 Å². The van der Waals surface area contributed by atoms with Crippen molar-refractivity contribution in [2.24, 2.45) is 0 Å². The number of ether oxygens (including phenoxy) is 1. The molecule has 1 spiro atoms. The molecule has 4 fully saturated rings. The summed E-state index contributed by atoms with van der Waals surface area (Å²) in [5, 5.41) is 6.01. The molecular weight excluding hydrogens is 530 g/mol. The summed E-state index contributed by atoms with van der Waals surface area (Å²) in [6.07, 6.45) is 2.27. The number of fused-ring (bicyclic) bond motifs is 1. The van der Waals surface area contributed by atoms with Crippen molar-refractivity contribution in [3.63, 3.8) is 0 Å². The third-order valence-corrected chi connectivity index (χ3v) is 9.15. The predicted octanol–water partition coefficient (Wildman–Crippen LogP) is 4.59. The second kappa shape index (κ2) is 11.9. The number of carbonyl (C=O) groups excluding carboxylic acids is 3. The number of nitrogens with one attached hydrogen (secondary N) is 2. The average molecular weight is 575 g/mol. The van der Waals surface area contributed by atoms with Gasteiger partial charge in [-0.15, -0.1) is 0 Å². The maximum Gasteiger partial charge on any atom is 0.408 e. The topological polar surface area (TPSA) is 91.0 Å². The summed E-state index contributed by atoms with van der Waals surface area (Å²) in [5.74, 6) is 0.00913. The molecule has 1 aliphatic carbocycles. The largest absolute Gasteiger partial charge is 0.444 e. The molecule has 5 atom stereocenters. The highest BCUT2D eigenvalue weighted by Gasteiger charge is 2.58. The Bertz CT molecular complexity index is 1110. The number of likely N-dealkylation sites (tertiary alicyclic amines) is 1. The molecule has 5 rings (SSSR count). The van der Waals surface area contributed by atoms with E-state index in [4.69, 9.17) is 4.74 Å². The lowest BCUT2D eigenvalue weighted by Crippen LogP contribution is -2.59. The molecule has 0 aromatic heterocycles. The molecule has 4 aliphatic rings. The molecule has 226 valence electrons. The molecule has 10 heteroatoms. The van der Waals surface area contributed by atoms with Gasteiger partial charge in [0.2, 0.25) is 18.2 Å². The van der Waals surface area contributed by atoms with Crippen molar-refractivity contribution >= 4 is 17.9 Å². The van der Waals surface area contributed by atoms with Crippen LogP contribution in [0.5, 0.6) is 0 Å². The third-order valence-electron chi connectivity index (χ3n) is 9.15. The molecule has 8 nitrogen and oxygen atoms in total. The summed E-state index contributed by atoms with van der Waals surface area (Å²) in [4.78, 5) is 44.8. The van der Waals surface area contributed by atoms with E-state index in [-0.39, 0.29) is 48.3 Å². The van der Waals surface area contributed by atoms with Crippen LogP contribution in [0.2, 0.25) is 0 Å². The van der Waals surface area contributed by atoms with E-state index in [2.05, 4.69) is 22.8 Å². The predicted molar refractivity (Wildman–Crippen MR) is 151 cm³/mol. The maximum atomic E-state index is 14.2. The molecule has 41 heavy (non-hydrogen) atoms. The molecule has 1 saturated carbocycles. The van der Waals surface area contributed by atoms with Crippen LogP contribution in [0.4, 0.5) is 13.6 Å². The van der Waals surface area contributed by atoms with Gasteiger partial charge in [-0.2, -0.15) is 0 Å². The van der Waals surface area contributed by atoms with E-state index >= 15 is 0 Å². The van der Waals surface area contributed by atoms with Crippen LogP contribution in [0.15, 0.2) is 30.3 Å². The van der Waals surface area contributed by atoms with E-state index < -0.39 is 30.2 Å². The smallest absolute Gasteiger partial charge is 0.408 e. The zero-order valence-corrected chi connectivity index (χ0v) is 24.4. The number of alkyl halides is 2. The van der Waals surface area contributed by atoms with Gasteiger partial charge in [0, 0.05) is 43.1 Å². The summed E-state index contributed by atoms with van der Waals surface area (Å²) in [5.41, 5.74) is 0.376. The lowest BCUT2D eigenvalue weighted by Gasteiger charge is -2.39.